The van der Waals surface area contributed by atoms with Crippen LogP contribution in [0.5, 0.6) is 0 Å². The summed E-state index contributed by atoms with van der Waals surface area (Å²) in [5, 5.41) is 9.74. The average molecular weight is 364 g/mol. The molecule has 0 saturated carbocycles. The normalized spacial score (nSPS) is 18.2. The molecule has 0 aromatic heterocycles. The summed E-state index contributed by atoms with van der Waals surface area (Å²) in [7, 11) is -3.49. The van der Waals surface area contributed by atoms with Gasteiger partial charge < -0.3 is 5.11 Å². The van der Waals surface area contributed by atoms with Gasteiger partial charge in [-0.3, -0.25) is 4.90 Å². The molecule has 134 valence electrons. The van der Waals surface area contributed by atoms with Gasteiger partial charge in [0, 0.05) is 26.2 Å². The summed E-state index contributed by atoms with van der Waals surface area (Å²) in [6.45, 7) is 1.63. The van der Waals surface area contributed by atoms with Gasteiger partial charge in [0.2, 0.25) is 10.0 Å². The summed E-state index contributed by atoms with van der Waals surface area (Å²) < 4.78 is 39.9. The molecule has 2 aromatic carbocycles. The molecule has 2 aromatic rings. The molecule has 5 nitrogen and oxygen atoms in total. The van der Waals surface area contributed by atoms with E-state index in [0.29, 0.717) is 31.1 Å². The third-order valence-corrected chi connectivity index (χ3v) is 6.44. The minimum Gasteiger partial charge on any atom is -0.394 e. The van der Waals surface area contributed by atoms with Crippen LogP contribution in [-0.2, 0) is 10.0 Å². The van der Waals surface area contributed by atoms with Crippen LogP contribution in [-0.4, -0.2) is 55.5 Å². The molecule has 1 aliphatic rings. The fourth-order valence-electron chi connectivity index (χ4n) is 3.11. The van der Waals surface area contributed by atoms with Crippen LogP contribution in [0.15, 0.2) is 59.5 Å². The minimum absolute atomic E-state index is 0.100. The van der Waals surface area contributed by atoms with Crippen molar-refractivity contribution in [3.63, 3.8) is 0 Å². The number of sulfonamides is 1. The molecular formula is C18H21FN2O3S. The molecule has 1 fully saturated rings. The van der Waals surface area contributed by atoms with Gasteiger partial charge in [0.1, 0.15) is 5.82 Å². The fourth-order valence-corrected chi connectivity index (χ4v) is 4.56. The Morgan fingerprint density at radius 1 is 0.960 bits per heavy atom. The molecule has 1 aliphatic heterocycles. The predicted molar refractivity (Wildman–Crippen MR) is 93.0 cm³/mol. The van der Waals surface area contributed by atoms with Gasteiger partial charge in [-0.2, -0.15) is 4.31 Å². The lowest BCUT2D eigenvalue weighted by atomic mass is 10.1. The highest BCUT2D eigenvalue weighted by Crippen LogP contribution is 2.24. The summed E-state index contributed by atoms with van der Waals surface area (Å²) in [5.41, 5.74) is 0.822. The molecule has 0 bridgehead atoms. The molecule has 1 unspecified atom stereocenters. The van der Waals surface area contributed by atoms with Crippen molar-refractivity contribution in [3.8, 4) is 0 Å². The van der Waals surface area contributed by atoms with E-state index in [4.69, 9.17) is 0 Å². The van der Waals surface area contributed by atoms with Crippen molar-refractivity contribution < 1.29 is 17.9 Å². The second-order valence-electron chi connectivity index (χ2n) is 6.00. The molecule has 1 N–H and O–H groups in total. The van der Waals surface area contributed by atoms with E-state index < -0.39 is 10.0 Å². The van der Waals surface area contributed by atoms with Crippen molar-refractivity contribution in [2.45, 2.75) is 10.9 Å². The smallest absolute Gasteiger partial charge is 0.243 e. The van der Waals surface area contributed by atoms with Crippen molar-refractivity contribution in [2.24, 2.45) is 0 Å². The van der Waals surface area contributed by atoms with Crippen molar-refractivity contribution in [2.75, 3.05) is 32.8 Å². The standard InChI is InChI=1S/C18H21FN2O3S/c19-16-8-6-15(7-9-16)18(14-22)20-10-12-21(13-11-20)25(23,24)17-4-2-1-3-5-17/h1-9,18,22H,10-14H2. The second-order valence-corrected chi connectivity index (χ2v) is 7.94. The van der Waals surface area contributed by atoms with Gasteiger partial charge in [0.05, 0.1) is 17.5 Å². The molecule has 3 rings (SSSR count). The first kappa shape index (κ1) is 18.0. The zero-order chi connectivity index (χ0) is 17.9. The van der Waals surface area contributed by atoms with Crippen LogP contribution < -0.4 is 0 Å². The van der Waals surface area contributed by atoms with E-state index in [2.05, 4.69) is 0 Å². The molecule has 25 heavy (non-hydrogen) atoms. The number of rotatable bonds is 5. The molecule has 0 amide bonds. The molecule has 0 spiro atoms. The maximum absolute atomic E-state index is 13.1. The van der Waals surface area contributed by atoms with Crippen molar-refractivity contribution in [3.05, 3.63) is 66.0 Å². The van der Waals surface area contributed by atoms with Crippen LogP contribution in [0.4, 0.5) is 4.39 Å². The average Bonchev–Trinajstić information content (AvgIpc) is 2.65. The first-order valence-corrected chi connectivity index (χ1v) is 9.62. The number of nitrogens with zero attached hydrogens (tertiary/aromatic N) is 2. The van der Waals surface area contributed by atoms with Crippen LogP contribution >= 0.6 is 0 Å². The zero-order valence-electron chi connectivity index (χ0n) is 13.8. The maximum Gasteiger partial charge on any atom is 0.243 e. The Morgan fingerprint density at radius 2 is 1.56 bits per heavy atom. The summed E-state index contributed by atoms with van der Waals surface area (Å²) in [6.07, 6.45) is 0. The predicted octanol–water partition coefficient (Wildman–Crippen LogP) is 1.87. The molecule has 0 radical (unpaired) electrons. The Hall–Kier alpha value is -1.80. The molecule has 1 heterocycles. The van der Waals surface area contributed by atoms with Gasteiger partial charge in [-0.1, -0.05) is 30.3 Å². The zero-order valence-corrected chi connectivity index (χ0v) is 14.6. The third-order valence-electron chi connectivity index (χ3n) is 4.52. The lowest BCUT2D eigenvalue weighted by Crippen LogP contribution is -2.50. The summed E-state index contributed by atoms with van der Waals surface area (Å²) in [4.78, 5) is 2.32. The first-order valence-electron chi connectivity index (χ1n) is 8.18. The van der Waals surface area contributed by atoms with E-state index in [9.17, 15) is 17.9 Å². The van der Waals surface area contributed by atoms with Gasteiger partial charge >= 0.3 is 0 Å². The van der Waals surface area contributed by atoms with E-state index in [1.165, 1.54) is 16.4 Å². The largest absolute Gasteiger partial charge is 0.394 e. The van der Waals surface area contributed by atoms with Crippen molar-refractivity contribution in [1.82, 2.24) is 9.21 Å². The van der Waals surface area contributed by atoms with Gasteiger partial charge in [-0.15, -0.1) is 0 Å². The lowest BCUT2D eigenvalue weighted by molar-refractivity contribution is 0.0903. The maximum atomic E-state index is 13.1. The number of aliphatic hydroxyl groups excluding tert-OH is 1. The van der Waals surface area contributed by atoms with Crippen LogP contribution in [0, 0.1) is 5.82 Å². The topological polar surface area (TPSA) is 60.9 Å². The van der Waals surface area contributed by atoms with E-state index in [0.717, 1.165) is 5.56 Å². The van der Waals surface area contributed by atoms with Gasteiger partial charge in [0.25, 0.3) is 0 Å². The Kier molecular flexibility index (Phi) is 5.48. The monoisotopic (exact) mass is 364 g/mol. The Labute approximate surface area is 147 Å². The number of piperazine rings is 1. The van der Waals surface area contributed by atoms with Crippen LogP contribution in [0.2, 0.25) is 0 Å². The molecule has 1 atom stereocenters. The van der Waals surface area contributed by atoms with Crippen molar-refractivity contribution in [1.29, 1.82) is 0 Å². The number of hydrogen-bond acceptors (Lipinski definition) is 4. The SMILES string of the molecule is O=S(=O)(c1ccccc1)N1CCN(C(CO)c2ccc(F)cc2)CC1. The highest BCUT2D eigenvalue weighted by atomic mass is 32.2. The number of hydrogen-bond donors (Lipinski definition) is 1. The van der Waals surface area contributed by atoms with Crippen LogP contribution in [0.3, 0.4) is 0 Å². The summed E-state index contributed by atoms with van der Waals surface area (Å²) in [6, 6.07) is 14.2. The van der Waals surface area contributed by atoms with E-state index in [1.807, 2.05) is 4.90 Å². The second kappa shape index (κ2) is 7.61. The van der Waals surface area contributed by atoms with Crippen molar-refractivity contribution >= 4 is 10.0 Å². The third kappa shape index (κ3) is 3.90. The van der Waals surface area contributed by atoms with E-state index in [-0.39, 0.29) is 18.5 Å². The Morgan fingerprint density at radius 3 is 2.12 bits per heavy atom. The quantitative estimate of drug-likeness (QED) is 0.880. The number of benzene rings is 2. The Balaban J connectivity index is 1.69. The first-order chi connectivity index (χ1) is 12.0. The highest BCUT2D eigenvalue weighted by Gasteiger charge is 2.31. The molecule has 7 heteroatoms. The summed E-state index contributed by atoms with van der Waals surface area (Å²) in [5.74, 6) is -0.320. The Bertz CT molecular complexity index is 789. The molecule has 1 saturated heterocycles. The highest BCUT2D eigenvalue weighted by molar-refractivity contribution is 7.89. The van der Waals surface area contributed by atoms with Gasteiger partial charge in [0.15, 0.2) is 0 Å². The van der Waals surface area contributed by atoms with Crippen LogP contribution in [0.25, 0.3) is 0 Å². The minimum atomic E-state index is -3.49. The van der Waals surface area contributed by atoms with Gasteiger partial charge in [-0.05, 0) is 29.8 Å². The summed E-state index contributed by atoms with van der Waals surface area (Å²) >= 11 is 0. The number of aliphatic hydroxyl groups is 1. The fraction of sp³-hybridized carbons (Fsp3) is 0.333. The molecular weight excluding hydrogens is 343 g/mol. The van der Waals surface area contributed by atoms with E-state index >= 15 is 0 Å². The number of halogens is 1. The molecule has 0 aliphatic carbocycles. The van der Waals surface area contributed by atoms with E-state index in [1.54, 1.807) is 42.5 Å². The van der Waals surface area contributed by atoms with Gasteiger partial charge in [-0.25, -0.2) is 12.8 Å². The van der Waals surface area contributed by atoms with Crippen LogP contribution in [0.1, 0.15) is 11.6 Å². The lowest BCUT2D eigenvalue weighted by Gasteiger charge is -2.38.